The van der Waals surface area contributed by atoms with Crippen molar-refractivity contribution in [1.29, 1.82) is 0 Å². The van der Waals surface area contributed by atoms with Crippen molar-refractivity contribution in [3.05, 3.63) is 42.7 Å². The normalized spacial score (nSPS) is 15.7. The van der Waals surface area contributed by atoms with Crippen LogP contribution in [0.4, 0.5) is 5.69 Å². The van der Waals surface area contributed by atoms with Crippen LogP contribution in [0, 0.1) is 0 Å². The van der Waals surface area contributed by atoms with Crippen LogP contribution in [0.5, 0.6) is 0 Å². The summed E-state index contributed by atoms with van der Waals surface area (Å²) in [5.41, 5.74) is 2.28. The van der Waals surface area contributed by atoms with Crippen LogP contribution in [0.15, 0.2) is 42.7 Å². The largest absolute Gasteiger partial charge is 0.378 e. The third kappa shape index (κ3) is 2.33. The summed E-state index contributed by atoms with van der Waals surface area (Å²) >= 11 is 0. The zero-order valence-corrected chi connectivity index (χ0v) is 10.1. The van der Waals surface area contributed by atoms with Crippen LogP contribution in [0.3, 0.4) is 0 Å². The summed E-state index contributed by atoms with van der Waals surface area (Å²) in [6, 6.07) is 10.2. The maximum atomic E-state index is 5.35. The van der Waals surface area contributed by atoms with Crippen LogP contribution in [0.2, 0.25) is 0 Å². The molecular weight excluding hydrogens is 226 g/mol. The number of nitrogens with zero attached hydrogens (tertiary/aromatic N) is 3. The fourth-order valence-electron chi connectivity index (χ4n) is 2.09. The summed E-state index contributed by atoms with van der Waals surface area (Å²) in [5.74, 6) is 0.769. The van der Waals surface area contributed by atoms with Gasteiger partial charge in [-0.1, -0.05) is 0 Å². The molecule has 1 aromatic heterocycles. The van der Waals surface area contributed by atoms with Gasteiger partial charge in [-0.2, -0.15) is 0 Å². The molecule has 0 amide bonds. The minimum Gasteiger partial charge on any atom is -0.378 e. The molecule has 4 heteroatoms. The van der Waals surface area contributed by atoms with Gasteiger partial charge in [0.05, 0.1) is 13.2 Å². The average molecular weight is 241 g/mol. The number of ether oxygens (including phenoxy) is 1. The number of morpholine rings is 1. The number of hydrogen-bond donors (Lipinski definition) is 0. The van der Waals surface area contributed by atoms with Gasteiger partial charge in [0.25, 0.3) is 0 Å². The first-order valence-electron chi connectivity index (χ1n) is 6.14. The molecule has 3 rings (SSSR count). The van der Waals surface area contributed by atoms with Crippen molar-refractivity contribution in [1.82, 2.24) is 9.97 Å². The van der Waals surface area contributed by atoms with E-state index in [4.69, 9.17) is 4.74 Å². The van der Waals surface area contributed by atoms with Crippen LogP contribution in [0.25, 0.3) is 11.4 Å². The third-order valence-electron chi connectivity index (χ3n) is 3.07. The van der Waals surface area contributed by atoms with E-state index in [1.165, 1.54) is 5.69 Å². The first kappa shape index (κ1) is 11.2. The summed E-state index contributed by atoms with van der Waals surface area (Å²) < 4.78 is 5.35. The van der Waals surface area contributed by atoms with Crippen LogP contribution in [0.1, 0.15) is 0 Å². The molecule has 0 N–H and O–H groups in total. The topological polar surface area (TPSA) is 38.2 Å². The van der Waals surface area contributed by atoms with Crippen molar-refractivity contribution in [3.63, 3.8) is 0 Å². The van der Waals surface area contributed by atoms with Gasteiger partial charge in [0.15, 0.2) is 5.82 Å². The molecule has 0 spiro atoms. The lowest BCUT2D eigenvalue weighted by atomic mass is 10.1. The van der Waals surface area contributed by atoms with Crippen LogP contribution < -0.4 is 4.90 Å². The Morgan fingerprint density at radius 1 is 0.944 bits per heavy atom. The van der Waals surface area contributed by atoms with E-state index in [9.17, 15) is 0 Å². The summed E-state index contributed by atoms with van der Waals surface area (Å²) in [4.78, 5) is 10.8. The Hall–Kier alpha value is -1.94. The van der Waals surface area contributed by atoms with Gasteiger partial charge >= 0.3 is 0 Å². The molecule has 0 radical (unpaired) electrons. The lowest BCUT2D eigenvalue weighted by Gasteiger charge is -2.28. The number of rotatable bonds is 2. The molecule has 0 bridgehead atoms. The van der Waals surface area contributed by atoms with E-state index in [2.05, 4.69) is 39.1 Å². The van der Waals surface area contributed by atoms with Crippen LogP contribution in [-0.4, -0.2) is 36.3 Å². The monoisotopic (exact) mass is 241 g/mol. The van der Waals surface area contributed by atoms with Crippen molar-refractivity contribution in [2.75, 3.05) is 31.2 Å². The minimum absolute atomic E-state index is 0.769. The summed E-state index contributed by atoms with van der Waals surface area (Å²) in [6.45, 7) is 3.54. The molecular formula is C14H15N3O. The second kappa shape index (κ2) is 5.14. The maximum Gasteiger partial charge on any atom is 0.159 e. The van der Waals surface area contributed by atoms with E-state index in [1.807, 2.05) is 6.07 Å². The molecule has 4 nitrogen and oxygen atoms in total. The molecule has 2 aromatic rings. The summed E-state index contributed by atoms with van der Waals surface area (Å²) in [7, 11) is 0. The SMILES string of the molecule is c1cnc(-c2ccc(N3CCOCC3)cc2)nc1. The van der Waals surface area contributed by atoms with E-state index in [-0.39, 0.29) is 0 Å². The first-order chi connectivity index (χ1) is 8.93. The van der Waals surface area contributed by atoms with Crippen molar-refractivity contribution in [2.24, 2.45) is 0 Å². The minimum atomic E-state index is 0.769. The van der Waals surface area contributed by atoms with Gasteiger partial charge < -0.3 is 9.64 Å². The van der Waals surface area contributed by atoms with E-state index < -0.39 is 0 Å². The lowest BCUT2D eigenvalue weighted by molar-refractivity contribution is 0.122. The van der Waals surface area contributed by atoms with E-state index in [0.29, 0.717) is 0 Å². The number of anilines is 1. The zero-order valence-electron chi connectivity index (χ0n) is 10.1. The van der Waals surface area contributed by atoms with Gasteiger partial charge in [-0.25, -0.2) is 9.97 Å². The standard InChI is InChI=1S/C14H15N3O/c1-6-15-14(16-7-1)12-2-4-13(5-3-12)17-8-10-18-11-9-17/h1-7H,8-11H2. The highest BCUT2D eigenvalue weighted by molar-refractivity contribution is 5.60. The number of hydrogen-bond acceptors (Lipinski definition) is 4. The highest BCUT2D eigenvalue weighted by atomic mass is 16.5. The molecule has 92 valence electrons. The Bertz CT molecular complexity index is 492. The van der Waals surface area contributed by atoms with E-state index in [0.717, 1.165) is 37.7 Å². The molecule has 0 aliphatic carbocycles. The molecule has 0 atom stereocenters. The third-order valence-corrected chi connectivity index (χ3v) is 3.07. The zero-order chi connectivity index (χ0) is 12.2. The van der Waals surface area contributed by atoms with Gasteiger partial charge in [0.1, 0.15) is 0 Å². The van der Waals surface area contributed by atoms with E-state index >= 15 is 0 Å². The Labute approximate surface area is 106 Å². The predicted molar refractivity (Wildman–Crippen MR) is 70.5 cm³/mol. The highest BCUT2D eigenvalue weighted by Crippen LogP contribution is 2.20. The molecule has 0 unspecified atom stereocenters. The molecule has 1 aliphatic heterocycles. The molecule has 0 saturated carbocycles. The van der Waals surface area contributed by atoms with Crippen molar-refractivity contribution >= 4 is 5.69 Å². The van der Waals surface area contributed by atoms with Crippen molar-refractivity contribution < 1.29 is 4.74 Å². The van der Waals surface area contributed by atoms with Gasteiger partial charge in [0.2, 0.25) is 0 Å². The van der Waals surface area contributed by atoms with Crippen molar-refractivity contribution in [2.45, 2.75) is 0 Å². The molecule has 1 aliphatic rings. The second-order valence-corrected chi connectivity index (χ2v) is 4.22. The first-order valence-corrected chi connectivity index (χ1v) is 6.14. The Kier molecular flexibility index (Phi) is 3.19. The van der Waals surface area contributed by atoms with Gasteiger partial charge in [-0.15, -0.1) is 0 Å². The molecule has 2 heterocycles. The maximum absolute atomic E-state index is 5.35. The van der Waals surface area contributed by atoms with Gasteiger partial charge in [-0.05, 0) is 30.3 Å². The Morgan fingerprint density at radius 2 is 1.61 bits per heavy atom. The van der Waals surface area contributed by atoms with Gasteiger partial charge in [-0.3, -0.25) is 0 Å². The lowest BCUT2D eigenvalue weighted by Crippen LogP contribution is -2.36. The predicted octanol–water partition coefficient (Wildman–Crippen LogP) is 1.98. The molecule has 1 saturated heterocycles. The summed E-state index contributed by atoms with van der Waals surface area (Å²) in [6.07, 6.45) is 3.52. The quantitative estimate of drug-likeness (QED) is 0.806. The Morgan fingerprint density at radius 3 is 2.28 bits per heavy atom. The van der Waals surface area contributed by atoms with Gasteiger partial charge in [0, 0.05) is 36.7 Å². The van der Waals surface area contributed by atoms with Crippen molar-refractivity contribution in [3.8, 4) is 11.4 Å². The fraction of sp³-hybridized carbons (Fsp3) is 0.286. The molecule has 1 fully saturated rings. The molecule has 1 aromatic carbocycles. The smallest absolute Gasteiger partial charge is 0.159 e. The Balaban J connectivity index is 1.80. The fourth-order valence-corrected chi connectivity index (χ4v) is 2.09. The second-order valence-electron chi connectivity index (χ2n) is 4.22. The van der Waals surface area contributed by atoms with Crippen LogP contribution in [-0.2, 0) is 4.74 Å². The number of aromatic nitrogens is 2. The highest BCUT2D eigenvalue weighted by Gasteiger charge is 2.11. The average Bonchev–Trinajstić information content (AvgIpc) is 2.49. The summed E-state index contributed by atoms with van der Waals surface area (Å²) in [5, 5.41) is 0. The number of benzene rings is 1. The van der Waals surface area contributed by atoms with Crippen LogP contribution >= 0.6 is 0 Å². The molecule has 18 heavy (non-hydrogen) atoms. The van der Waals surface area contributed by atoms with E-state index in [1.54, 1.807) is 12.4 Å².